The highest BCUT2D eigenvalue weighted by molar-refractivity contribution is 7.11. The molecule has 2 N–H and O–H groups in total. The maximum Gasteiger partial charge on any atom is 0.315 e. The molecule has 156 valence electrons. The van der Waals surface area contributed by atoms with Crippen LogP contribution in [0.2, 0.25) is 0 Å². The van der Waals surface area contributed by atoms with Gasteiger partial charge in [-0.2, -0.15) is 0 Å². The Morgan fingerprint density at radius 3 is 2.17 bits per heavy atom. The summed E-state index contributed by atoms with van der Waals surface area (Å²) in [5.74, 6) is -0.0909. The third-order valence-electron chi connectivity index (χ3n) is 4.70. The molecule has 0 fully saturated rings. The number of rotatable bonds is 9. The van der Waals surface area contributed by atoms with Gasteiger partial charge < -0.3 is 15.5 Å². The summed E-state index contributed by atoms with van der Waals surface area (Å²) in [7, 11) is 0. The Kier molecular flexibility index (Phi) is 8.03. The maximum atomic E-state index is 12.8. The number of carbonyl (C=O) groups excluding carboxylic acids is 2. The molecule has 0 bridgehead atoms. The minimum atomic E-state index is -0.345. The standard InChI is InChI=1S/C24H27N3O2S/c1-19-12-13-22(30-19)18-27(15-14-20-8-4-2-5-9-20)23(28)17-26-24(29)25-16-21-10-6-3-7-11-21/h2-13H,14-18H2,1H3,(H2,25,26,29). The van der Waals surface area contributed by atoms with Gasteiger partial charge in [-0.3, -0.25) is 4.79 Å². The molecule has 0 spiro atoms. The van der Waals surface area contributed by atoms with E-state index in [-0.39, 0.29) is 18.5 Å². The Bertz CT molecular complexity index is 941. The molecule has 3 amide bonds. The average molecular weight is 422 g/mol. The number of amides is 3. The van der Waals surface area contributed by atoms with E-state index >= 15 is 0 Å². The zero-order valence-corrected chi connectivity index (χ0v) is 18.0. The topological polar surface area (TPSA) is 61.4 Å². The molecule has 0 atom stereocenters. The first-order chi connectivity index (χ1) is 14.6. The Morgan fingerprint density at radius 2 is 1.53 bits per heavy atom. The van der Waals surface area contributed by atoms with Crippen molar-refractivity contribution in [1.82, 2.24) is 15.5 Å². The van der Waals surface area contributed by atoms with Crippen LogP contribution in [0.4, 0.5) is 4.79 Å². The second-order valence-corrected chi connectivity index (χ2v) is 8.46. The second kappa shape index (κ2) is 11.2. The minimum Gasteiger partial charge on any atom is -0.336 e. The summed E-state index contributed by atoms with van der Waals surface area (Å²) < 4.78 is 0. The number of benzene rings is 2. The van der Waals surface area contributed by atoms with Crippen LogP contribution >= 0.6 is 11.3 Å². The van der Waals surface area contributed by atoms with Crippen molar-refractivity contribution >= 4 is 23.3 Å². The molecule has 0 unspecified atom stereocenters. The van der Waals surface area contributed by atoms with Crippen molar-refractivity contribution < 1.29 is 9.59 Å². The van der Waals surface area contributed by atoms with Crippen molar-refractivity contribution in [1.29, 1.82) is 0 Å². The number of nitrogens with one attached hydrogen (secondary N) is 2. The molecule has 1 aromatic heterocycles. The predicted molar refractivity (Wildman–Crippen MR) is 121 cm³/mol. The van der Waals surface area contributed by atoms with Crippen LogP contribution < -0.4 is 10.6 Å². The second-order valence-electron chi connectivity index (χ2n) is 7.09. The minimum absolute atomic E-state index is 0.0280. The number of hydrogen-bond acceptors (Lipinski definition) is 3. The molecule has 0 aliphatic heterocycles. The molecule has 2 aromatic carbocycles. The molecule has 30 heavy (non-hydrogen) atoms. The molecule has 0 radical (unpaired) electrons. The zero-order valence-electron chi connectivity index (χ0n) is 17.1. The number of nitrogens with zero attached hydrogens (tertiary/aromatic N) is 1. The largest absolute Gasteiger partial charge is 0.336 e. The van der Waals surface area contributed by atoms with Crippen LogP contribution in [-0.2, 0) is 24.3 Å². The van der Waals surface area contributed by atoms with Crippen LogP contribution in [-0.4, -0.2) is 29.9 Å². The molecule has 3 rings (SSSR count). The Morgan fingerprint density at radius 1 is 0.867 bits per heavy atom. The van der Waals surface area contributed by atoms with Crippen molar-refractivity contribution in [2.45, 2.75) is 26.4 Å². The molecule has 6 heteroatoms. The Hall–Kier alpha value is -3.12. The van der Waals surface area contributed by atoms with Crippen LogP contribution in [0.1, 0.15) is 20.9 Å². The van der Waals surface area contributed by atoms with E-state index < -0.39 is 0 Å². The van der Waals surface area contributed by atoms with Gasteiger partial charge in [-0.05, 0) is 36.6 Å². The summed E-state index contributed by atoms with van der Waals surface area (Å²) >= 11 is 1.69. The number of carbonyl (C=O) groups is 2. The highest BCUT2D eigenvalue weighted by Crippen LogP contribution is 2.17. The first kappa shape index (κ1) is 21.6. The van der Waals surface area contributed by atoms with E-state index in [0.29, 0.717) is 19.6 Å². The van der Waals surface area contributed by atoms with E-state index in [1.54, 1.807) is 11.3 Å². The molecule has 0 saturated carbocycles. The van der Waals surface area contributed by atoms with Gasteiger partial charge in [0.15, 0.2) is 0 Å². The third kappa shape index (κ3) is 7.04. The van der Waals surface area contributed by atoms with Crippen molar-refractivity contribution in [3.05, 3.63) is 93.7 Å². The number of hydrogen-bond donors (Lipinski definition) is 2. The lowest BCUT2D eigenvalue weighted by Crippen LogP contribution is -2.43. The maximum absolute atomic E-state index is 12.8. The summed E-state index contributed by atoms with van der Waals surface area (Å²) in [4.78, 5) is 29.1. The van der Waals surface area contributed by atoms with Gasteiger partial charge in [0, 0.05) is 22.8 Å². The van der Waals surface area contributed by atoms with E-state index in [1.165, 1.54) is 10.4 Å². The average Bonchev–Trinajstić information content (AvgIpc) is 3.19. The smallest absolute Gasteiger partial charge is 0.315 e. The molecule has 5 nitrogen and oxygen atoms in total. The fourth-order valence-electron chi connectivity index (χ4n) is 3.07. The zero-order chi connectivity index (χ0) is 21.2. The van der Waals surface area contributed by atoms with Crippen LogP contribution in [0.15, 0.2) is 72.8 Å². The van der Waals surface area contributed by atoms with Crippen molar-refractivity contribution in [2.75, 3.05) is 13.1 Å². The molecule has 0 saturated heterocycles. The van der Waals surface area contributed by atoms with Crippen LogP contribution in [0.5, 0.6) is 0 Å². The summed E-state index contributed by atoms with van der Waals surface area (Å²) in [6.45, 7) is 3.61. The molecule has 0 aliphatic rings. The summed E-state index contributed by atoms with van der Waals surface area (Å²) in [6.07, 6.45) is 0.775. The Balaban J connectivity index is 1.53. The first-order valence-corrected chi connectivity index (χ1v) is 10.8. The van der Waals surface area contributed by atoms with Gasteiger partial charge in [0.25, 0.3) is 0 Å². The lowest BCUT2D eigenvalue weighted by molar-refractivity contribution is -0.130. The van der Waals surface area contributed by atoms with E-state index in [2.05, 4.69) is 41.8 Å². The normalized spacial score (nSPS) is 10.4. The lowest BCUT2D eigenvalue weighted by atomic mass is 10.1. The summed E-state index contributed by atoms with van der Waals surface area (Å²) in [6, 6.07) is 23.6. The molecular weight excluding hydrogens is 394 g/mol. The number of urea groups is 1. The van der Waals surface area contributed by atoms with Crippen LogP contribution in [0, 0.1) is 6.92 Å². The Labute approximate surface area is 181 Å². The van der Waals surface area contributed by atoms with Gasteiger partial charge >= 0.3 is 6.03 Å². The van der Waals surface area contributed by atoms with Gasteiger partial charge in [0.1, 0.15) is 0 Å². The summed E-state index contributed by atoms with van der Waals surface area (Å²) in [5.41, 5.74) is 2.20. The fraction of sp³-hybridized carbons (Fsp3) is 0.250. The molecular formula is C24H27N3O2S. The van der Waals surface area contributed by atoms with E-state index in [0.717, 1.165) is 16.9 Å². The van der Waals surface area contributed by atoms with Crippen molar-refractivity contribution in [3.8, 4) is 0 Å². The highest BCUT2D eigenvalue weighted by atomic mass is 32.1. The monoisotopic (exact) mass is 421 g/mol. The van der Waals surface area contributed by atoms with E-state index in [1.807, 2.05) is 53.4 Å². The van der Waals surface area contributed by atoms with Crippen molar-refractivity contribution in [2.24, 2.45) is 0 Å². The summed E-state index contributed by atoms with van der Waals surface area (Å²) in [5, 5.41) is 5.47. The van der Waals surface area contributed by atoms with E-state index in [9.17, 15) is 9.59 Å². The quantitative estimate of drug-likeness (QED) is 0.546. The van der Waals surface area contributed by atoms with Crippen molar-refractivity contribution in [3.63, 3.8) is 0 Å². The SMILES string of the molecule is Cc1ccc(CN(CCc2ccccc2)C(=O)CNC(=O)NCc2ccccc2)s1. The van der Waals surface area contributed by atoms with Gasteiger partial charge in [-0.25, -0.2) is 4.79 Å². The fourth-order valence-corrected chi connectivity index (χ4v) is 3.97. The van der Waals surface area contributed by atoms with Gasteiger partial charge in [0.2, 0.25) is 5.91 Å². The van der Waals surface area contributed by atoms with Gasteiger partial charge in [-0.15, -0.1) is 11.3 Å². The third-order valence-corrected chi connectivity index (χ3v) is 5.69. The number of thiophene rings is 1. The molecule has 3 aromatic rings. The molecule has 1 heterocycles. The van der Waals surface area contributed by atoms with E-state index in [4.69, 9.17) is 0 Å². The first-order valence-electron chi connectivity index (χ1n) is 10.0. The highest BCUT2D eigenvalue weighted by Gasteiger charge is 2.16. The predicted octanol–water partition coefficient (Wildman–Crippen LogP) is 4.13. The molecule has 0 aliphatic carbocycles. The van der Waals surface area contributed by atoms with Gasteiger partial charge in [0.05, 0.1) is 13.1 Å². The van der Waals surface area contributed by atoms with Crippen LogP contribution in [0.3, 0.4) is 0 Å². The number of aryl methyl sites for hydroxylation is 1. The van der Waals surface area contributed by atoms with Crippen LogP contribution in [0.25, 0.3) is 0 Å². The lowest BCUT2D eigenvalue weighted by Gasteiger charge is -2.22. The van der Waals surface area contributed by atoms with Gasteiger partial charge in [-0.1, -0.05) is 60.7 Å².